The van der Waals surface area contributed by atoms with Crippen LogP contribution in [0.2, 0.25) is 0 Å². The lowest BCUT2D eigenvalue weighted by Crippen LogP contribution is -2.24. The van der Waals surface area contributed by atoms with Gasteiger partial charge in [0.25, 0.3) is 5.91 Å². The van der Waals surface area contributed by atoms with Crippen molar-refractivity contribution in [3.8, 4) is 5.75 Å². The second kappa shape index (κ2) is 7.64. The van der Waals surface area contributed by atoms with Crippen LogP contribution in [0.15, 0.2) is 28.7 Å². The van der Waals surface area contributed by atoms with E-state index in [0.29, 0.717) is 12.2 Å². The first-order valence-corrected chi connectivity index (χ1v) is 8.46. The van der Waals surface area contributed by atoms with E-state index in [2.05, 4.69) is 31.4 Å². The number of benzene rings is 1. The van der Waals surface area contributed by atoms with Gasteiger partial charge in [-0.2, -0.15) is 5.10 Å². The van der Waals surface area contributed by atoms with E-state index < -0.39 is 0 Å². The van der Waals surface area contributed by atoms with Crippen LogP contribution in [-0.2, 0) is 6.54 Å². The third-order valence-electron chi connectivity index (χ3n) is 3.30. The van der Waals surface area contributed by atoms with Crippen LogP contribution in [0.25, 0.3) is 0 Å². The molecule has 1 amide bonds. The number of rotatable bonds is 6. The van der Waals surface area contributed by atoms with Gasteiger partial charge in [-0.3, -0.25) is 9.89 Å². The first-order valence-electron chi connectivity index (χ1n) is 7.66. The number of carbonyl (C=O) groups excluding carboxylic acids is 1. The Morgan fingerprint density at radius 2 is 2.00 bits per heavy atom. The summed E-state index contributed by atoms with van der Waals surface area (Å²) in [6.07, 6.45) is 0.0842. The summed E-state index contributed by atoms with van der Waals surface area (Å²) in [6.45, 7) is 8.42. The molecule has 0 fully saturated rings. The standard InChI is InChI=1S/C17H22BrN3O2/c1-10(2)15-14(18)16(21-20-15)17(22)19-9-12-7-5-6-8-13(12)23-11(3)4/h5-8,10-11H,9H2,1-4H3,(H,19,22)(H,20,21). The molecule has 0 saturated carbocycles. The predicted molar refractivity (Wildman–Crippen MR) is 93.8 cm³/mol. The Labute approximate surface area is 144 Å². The number of aromatic amines is 1. The lowest BCUT2D eigenvalue weighted by Gasteiger charge is -2.14. The Balaban J connectivity index is 2.08. The highest BCUT2D eigenvalue weighted by Crippen LogP contribution is 2.25. The van der Waals surface area contributed by atoms with Gasteiger partial charge in [-0.15, -0.1) is 0 Å². The third-order valence-corrected chi connectivity index (χ3v) is 4.10. The molecule has 0 spiro atoms. The van der Waals surface area contributed by atoms with Crippen molar-refractivity contribution in [2.24, 2.45) is 0 Å². The molecule has 5 nitrogen and oxygen atoms in total. The highest BCUT2D eigenvalue weighted by molar-refractivity contribution is 9.10. The lowest BCUT2D eigenvalue weighted by atomic mass is 10.1. The molecule has 1 aromatic heterocycles. The van der Waals surface area contributed by atoms with Crippen molar-refractivity contribution in [3.63, 3.8) is 0 Å². The van der Waals surface area contributed by atoms with Crippen molar-refractivity contribution in [2.45, 2.75) is 46.3 Å². The molecular weight excluding hydrogens is 358 g/mol. The van der Waals surface area contributed by atoms with Crippen LogP contribution in [0.5, 0.6) is 5.75 Å². The van der Waals surface area contributed by atoms with Crippen molar-refractivity contribution >= 4 is 21.8 Å². The van der Waals surface area contributed by atoms with Gasteiger partial charge in [0.2, 0.25) is 0 Å². The third kappa shape index (κ3) is 4.34. The maximum Gasteiger partial charge on any atom is 0.273 e. The molecule has 0 aliphatic rings. The number of amides is 1. The van der Waals surface area contributed by atoms with Crippen LogP contribution in [0.4, 0.5) is 0 Å². The fraction of sp³-hybridized carbons (Fsp3) is 0.412. The van der Waals surface area contributed by atoms with E-state index in [9.17, 15) is 4.79 Å². The number of carbonyl (C=O) groups is 1. The highest BCUT2D eigenvalue weighted by atomic mass is 79.9. The summed E-state index contributed by atoms with van der Waals surface area (Å²) in [7, 11) is 0. The smallest absolute Gasteiger partial charge is 0.273 e. The van der Waals surface area contributed by atoms with E-state index in [4.69, 9.17) is 4.74 Å². The Bertz CT molecular complexity index is 680. The van der Waals surface area contributed by atoms with E-state index in [1.54, 1.807) is 0 Å². The summed E-state index contributed by atoms with van der Waals surface area (Å²) >= 11 is 3.45. The zero-order valence-corrected chi connectivity index (χ0v) is 15.4. The molecule has 2 N–H and O–H groups in total. The monoisotopic (exact) mass is 379 g/mol. The maximum absolute atomic E-state index is 12.3. The van der Waals surface area contributed by atoms with Crippen LogP contribution in [0.3, 0.4) is 0 Å². The average Bonchev–Trinajstić information content (AvgIpc) is 2.87. The molecule has 0 unspecified atom stereocenters. The summed E-state index contributed by atoms with van der Waals surface area (Å²) in [5.41, 5.74) is 2.22. The lowest BCUT2D eigenvalue weighted by molar-refractivity contribution is 0.0944. The van der Waals surface area contributed by atoms with E-state index in [-0.39, 0.29) is 17.9 Å². The normalized spacial score (nSPS) is 11.1. The number of aromatic nitrogens is 2. The number of ether oxygens (including phenoxy) is 1. The van der Waals surface area contributed by atoms with Gasteiger partial charge >= 0.3 is 0 Å². The number of halogens is 1. The van der Waals surface area contributed by atoms with Crippen molar-refractivity contribution < 1.29 is 9.53 Å². The molecule has 124 valence electrons. The fourth-order valence-electron chi connectivity index (χ4n) is 2.15. The molecule has 0 radical (unpaired) electrons. The van der Waals surface area contributed by atoms with Crippen LogP contribution in [0, 0.1) is 0 Å². The van der Waals surface area contributed by atoms with Gasteiger partial charge in [0, 0.05) is 12.1 Å². The van der Waals surface area contributed by atoms with Crippen LogP contribution >= 0.6 is 15.9 Å². The number of nitrogens with zero attached hydrogens (tertiary/aromatic N) is 1. The molecule has 1 aromatic carbocycles. The van der Waals surface area contributed by atoms with E-state index in [1.807, 2.05) is 52.0 Å². The topological polar surface area (TPSA) is 67.0 Å². The van der Waals surface area contributed by atoms with Crippen LogP contribution in [0.1, 0.15) is 55.4 Å². The van der Waals surface area contributed by atoms with Gasteiger partial charge in [0.1, 0.15) is 5.75 Å². The van der Waals surface area contributed by atoms with Crippen LogP contribution in [-0.4, -0.2) is 22.2 Å². The molecular formula is C17H22BrN3O2. The molecule has 23 heavy (non-hydrogen) atoms. The van der Waals surface area contributed by atoms with Crippen molar-refractivity contribution in [3.05, 3.63) is 45.7 Å². The second-order valence-electron chi connectivity index (χ2n) is 5.91. The van der Waals surface area contributed by atoms with Crippen molar-refractivity contribution in [1.82, 2.24) is 15.5 Å². The van der Waals surface area contributed by atoms with Crippen molar-refractivity contribution in [1.29, 1.82) is 0 Å². The summed E-state index contributed by atoms with van der Waals surface area (Å²) in [5, 5.41) is 9.90. The number of para-hydroxylation sites is 1. The Morgan fingerprint density at radius 1 is 1.30 bits per heavy atom. The minimum atomic E-state index is -0.223. The van der Waals surface area contributed by atoms with Gasteiger partial charge in [0.15, 0.2) is 5.69 Å². The van der Waals surface area contributed by atoms with Gasteiger partial charge in [-0.25, -0.2) is 0 Å². The van der Waals surface area contributed by atoms with Gasteiger partial charge in [-0.1, -0.05) is 32.0 Å². The molecule has 6 heteroatoms. The van der Waals surface area contributed by atoms with Gasteiger partial charge < -0.3 is 10.1 Å². The summed E-state index contributed by atoms with van der Waals surface area (Å²) < 4.78 is 6.48. The second-order valence-corrected chi connectivity index (χ2v) is 6.70. The average molecular weight is 380 g/mol. The number of hydrogen-bond acceptors (Lipinski definition) is 3. The molecule has 0 saturated heterocycles. The molecule has 0 aliphatic carbocycles. The molecule has 1 heterocycles. The predicted octanol–water partition coefficient (Wildman–Crippen LogP) is 4.01. The molecule has 2 aromatic rings. The summed E-state index contributed by atoms with van der Waals surface area (Å²) in [6, 6.07) is 7.69. The van der Waals surface area contributed by atoms with E-state index in [0.717, 1.165) is 21.5 Å². The maximum atomic E-state index is 12.3. The summed E-state index contributed by atoms with van der Waals surface area (Å²) in [4.78, 5) is 12.3. The zero-order valence-electron chi connectivity index (χ0n) is 13.8. The first-order chi connectivity index (χ1) is 10.9. The largest absolute Gasteiger partial charge is 0.491 e. The Hall–Kier alpha value is -1.82. The zero-order chi connectivity index (χ0) is 17.0. The molecule has 0 bridgehead atoms. The number of nitrogens with one attached hydrogen (secondary N) is 2. The minimum Gasteiger partial charge on any atom is -0.491 e. The van der Waals surface area contributed by atoms with E-state index in [1.165, 1.54) is 0 Å². The molecule has 0 aliphatic heterocycles. The van der Waals surface area contributed by atoms with Gasteiger partial charge in [-0.05, 0) is 41.8 Å². The quantitative estimate of drug-likeness (QED) is 0.796. The molecule has 0 atom stereocenters. The van der Waals surface area contributed by atoms with Crippen LogP contribution < -0.4 is 10.1 Å². The Kier molecular flexibility index (Phi) is 5.82. The fourth-order valence-corrected chi connectivity index (χ4v) is 2.97. The Morgan fingerprint density at radius 3 is 2.61 bits per heavy atom. The van der Waals surface area contributed by atoms with E-state index >= 15 is 0 Å². The van der Waals surface area contributed by atoms with Gasteiger partial charge in [0.05, 0.1) is 16.3 Å². The number of H-pyrrole nitrogens is 1. The summed E-state index contributed by atoms with van der Waals surface area (Å²) in [5.74, 6) is 0.824. The number of hydrogen-bond donors (Lipinski definition) is 2. The minimum absolute atomic E-state index is 0.0842. The molecule has 2 rings (SSSR count). The van der Waals surface area contributed by atoms with Crippen molar-refractivity contribution in [2.75, 3.05) is 0 Å². The SMILES string of the molecule is CC(C)Oc1ccccc1CNC(=O)c1n[nH]c(C(C)C)c1Br. The first kappa shape index (κ1) is 17.5. The highest BCUT2D eigenvalue weighted by Gasteiger charge is 2.19.